The summed E-state index contributed by atoms with van der Waals surface area (Å²) in [6.45, 7) is 2.69. The van der Waals surface area contributed by atoms with Gasteiger partial charge >= 0.3 is 6.18 Å². The van der Waals surface area contributed by atoms with Crippen LogP contribution in [0.3, 0.4) is 0 Å². The SMILES string of the molecule is CCN(c1cccc(CNCc2ccccc2Cl)c1)S(=O)(=O)c1cccc(C(F)(F)F)c1. The van der Waals surface area contributed by atoms with E-state index in [1.807, 2.05) is 24.3 Å². The van der Waals surface area contributed by atoms with Crippen LogP contribution in [0.5, 0.6) is 0 Å². The summed E-state index contributed by atoms with van der Waals surface area (Å²) < 4.78 is 66.5. The summed E-state index contributed by atoms with van der Waals surface area (Å²) in [5.41, 5.74) is 1.13. The summed E-state index contributed by atoms with van der Waals surface area (Å²) in [5.74, 6) is 0. The highest BCUT2D eigenvalue weighted by atomic mass is 35.5. The van der Waals surface area contributed by atoms with Gasteiger partial charge in [-0.25, -0.2) is 8.42 Å². The van der Waals surface area contributed by atoms with Crippen molar-refractivity contribution in [2.75, 3.05) is 10.8 Å². The number of nitrogens with one attached hydrogen (secondary N) is 1. The first-order chi connectivity index (χ1) is 15.1. The van der Waals surface area contributed by atoms with Crippen molar-refractivity contribution >= 4 is 27.3 Å². The average Bonchev–Trinajstić information content (AvgIpc) is 2.75. The number of rotatable bonds is 8. The molecule has 0 radical (unpaired) electrons. The van der Waals surface area contributed by atoms with Crippen molar-refractivity contribution in [2.45, 2.75) is 31.1 Å². The van der Waals surface area contributed by atoms with Crippen molar-refractivity contribution in [2.24, 2.45) is 0 Å². The molecular formula is C23H22ClF3N2O2S. The van der Waals surface area contributed by atoms with Gasteiger partial charge < -0.3 is 5.32 Å². The Morgan fingerprint density at radius 2 is 1.66 bits per heavy atom. The first kappa shape index (κ1) is 24.1. The number of hydrogen-bond acceptors (Lipinski definition) is 3. The summed E-state index contributed by atoms with van der Waals surface area (Å²) >= 11 is 6.16. The minimum Gasteiger partial charge on any atom is -0.309 e. The topological polar surface area (TPSA) is 49.4 Å². The third-order valence-electron chi connectivity index (χ3n) is 4.84. The fourth-order valence-electron chi connectivity index (χ4n) is 3.26. The number of benzene rings is 3. The largest absolute Gasteiger partial charge is 0.416 e. The van der Waals surface area contributed by atoms with Gasteiger partial charge in [0.15, 0.2) is 0 Å². The highest BCUT2D eigenvalue weighted by Crippen LogP contribution is 2.32. The first-order valence-corrected chi connectivity index (χ1v) is 11.7. The number of halogens is 4. The molecule has 3 aromatic carbocycles. The molecule has 0 unspecified atom stereocenters. The Bertz CT molecular complexity index is 1180. The van der Waals surface area contributed by atoms with E-state index >= 15 is 0 Å². The van der Waals surface area contributed by atoms with E-state index in [1.54, 1.807) is 31.2 Å². The standard InChI is InChI=1S/C23H22ClF3N2O2S/c1-2-29(32(30,31)21-11-6-9-19(14-21)23(25,26)27)20-10-5-7-17(13-20)15-28-16-18-8-3-4-12-22(18)24/h3-14,28H,2,15-16H2,1H3. The average molecular weight is 483 g/mol. The summed E-state index contributed by atoms with van der Waals surface area (Å²) in [4.78, 5) is -0.406. The molecule has 3 aromatic rings. The number of hydrogen-bond donors (Lipinski definition) is 1. The highest BCUT2D eigenvalue weighted by Gasteiger charge is 2.33. The lowest BCUT2D eigenvalue weighted by atomic mass is 10.2. The predicted molar refractivity (Wildman–Crippen MR) is 120 cm³/mol. The minimum absolute atomic E-state index is 0.0646. The van der Waals surface area contributed by atoms with Crippen molar-refractivity contribution in [3.63, 3.8) is 0 Å². The van der Waals surface area contributed by atoms with Gasteiger partial charge in [0.25, 0.3) is 10.0 Å². The van der Waals surface area contributed by atoms with E-state index < -0.39 is 26.7 Å². The van der Waals surface area contributed by atoms with E-state index in [4.69, 9.17) is 11.6 Å². The Hall–Kier alpha value is -2.55. The second-order valence-corrected chi connectivity index (χ2v) is 9.33. The van der Waals surface area contributed by atoms with E-state index in [2.05, 4.69) is 5.32 Å². The molecule has 1 N–H and O–H groups in total. The van der Waals surface area contributed by atoms with Crippen LogP contribution >= 0.6 is 11.6 Å². The number of anilines is 1. The molecule has 0 fully saturated rings. The maximum atomic E-state index is 13.1. The van der Waals surface area contributed by atoms with Crippen molar-refractivity contribution < 1.29 is 21.6 Å². The van der Waals surface area contributed by atoms with Crippen molar-refractivity contribution in [1.29, 1.82) is 0 Å². The van der Waals surface area contributed by atoms with E-state index in [0.717, 1.165) is 27.6 Å². The zero-order chi connectivity index (χ0) is 23.4. The molecule has 0 atom stereocenters. The molecule has 0 spiro atoms. The lowest BCUT2D eigenvalue weighted by Crippen LogP contribution is -2.31. The second kappa shape index (κ2) is 9.94. The van der Waals surface area contributed by atoms with Crippen LogP contribution < -0.4 is 9.62 Å². The van der Waals surface area contributed by atoms with Crippen LogP contribution in [0.4, 0.5) is 18.9 Å². The van der Waals surface area contributed by atoms with Crippen LogP contribution in [0, 0.1) is 0 Å². The van der Waals surface area contributed by atoms with E-state index in [0.29, 0.717) is 29.9 Å². The molecule has 0 bridgehead atoms. The van der Waals surface area contributed by atoms with Crippen LogP contribution in [-0.4, -0.2) is 15.0 Å². The van der Waals surface area contributed by atoms with Gasteiger partial charge in [0, 0.05) is 24.7 Å². The maximum absolute atomic E-state index is 13.1. The van der Waals surface area contributed by atoms with E-state index in [9.17, 15) is 21.6 Å². The normalized spacial score (nSPS) is 12.0. The summed E-state index contributed by atoms with van der Waals surface area (Å²) in [5, 5.41) is 3.91. The highest BCUT2D eigenvalue weighted by molar-refractivity contribution is 7.92. The van der Waals surface area contributed by atoms with Gasteiger partial charge in [-0.15, -0.1) is 0 Å². The van der Waals surface area contributed by atoms with Gasteiger partial charge in [0.2, 0.25) is 0 Å². The van der Waals surface area contributed by atoms with Crippen LogP contribution in [0.2, 0.25) is 5.02 Å². The van der Waals surface area contributed by atoms with Gasteiger partial charge in [0.05, 0.1) is 16.1 Å². The van der Waals surface area contributed by atoms with Gasteiger partial charge in [0.1, 0.15) is 0 Å². The molecule has 0 aliphatic carbocycles. The fraction of sp³-hybridized carbons (Fsp3) is 0.217. The molecular weight excluding hydrogens is 461 g/mol. The number of sulfonamides is 1. The molecule has 0 aliphatic rings. The molecule has 0 saturated heterocycles. The fourth-order valence-corrected chi connectivity index (χ4v) is 4.97. The molecule has 0 aromatic heterocycles. The van der Waals surface area contributed by atoms with E-state index in [-0.39, 0.29) is 6.54 Å². The molecule has 9 heteroatoms. The van der Waals surface area contributed by atoms with Crippen LogP contribution in [0.15, 0.2) is 77.7 Å². The summed E-state index contributed by atoms with van der Waals surface area (Å²) in [6.07, 6.45) is -4.63. The van der Waals surface area contributed by atoms with Crippen LogP contribution in [0.1, 0.15) is 23.6 Å². The maximum Gasteiger partial charge on any atom is 0.416 e. The zero-order valence-corrected chi connectivity index (χ0v) is 18.8. The van der Waals surface area contributed by atoms with Gasteiger partial charge in [-0.1, -0.05) is 48.0 Å². The van der Waals surface area contributed by atoms with Crippen LogP contribution in [0.25, 0.3) is 0 Å². The van der Waals surface area contributed by atoms with Crippen LogP contribution in [-0.2, 0) is 29.3 Å². The molecule has 0 heterocycles. The minimum atomic E-state index is -4.63. The second-order valence-electron chi connectivity index (χ2n) is 7.06. The molecule has 32 heavy (non-hydrogen) atoms. The third-order valence-corrected chi connectivity index (χ3v) is 7.11. The molecule has 0 amide bonds. The Morgan fingerprint density at radius 3 is 2.34 bits per heavy atom. The molecule has 0 aliphatic heterocycles. The van der Waals surface area contributed by atoms with Gasteiger partial charge in [-0.05, 0) is 54.4 Å². The Balaban J connectivity index is 1.81. The van der Waals surface area contributed by atoms with Crippen molar-refractivity contribution in [3.05, 3.63) is 94.5 Å². The predicted octanol–water partition coefficient (Wildman–Crippen LogP) is 5.86. The monoisotopic (exact) mass is 482 g/mol. The van der Waals surface area contributed by atoms with Crippen molar-refractivity contribution in [1.82, 2.24) is 5.32 Å². The molecule has 3 rings (SSSR count). The summed E-state index contributed by atoms with van der Waals surface area (Å²) in [7, 11) is -4.18. The Labute approximate surface area is 190 Å². The van der Waals surface area contributed by atoms with Gasteiger partial charge in [-0.2, -0.15) is 13.2 Å². The Kier molecular flexibility index (Phi) is 7.48. The molecule has 0 saturated carbocycles. The summed E-state index contributed by atoms with van der Waals surface area (Å²) in [6, 6.07) is 18.1. The number of alkyl halides is 3. The lowest BCUT2D eigenvalue weighted by molar-refractivity contribution is -0.137. The molecule has 4 nitrogen and oxygen atoms in total. The molecule has 170 valence electrons. The first-order valence-electron chi connectivity index (χ1n) is 9.86. The van der Waals surface area contributed by atoms with Crippen molar-refractivity contribution in [3.8, 4) is 0 Å². The van der Waals surface area contributed by atoms with E-state index in [1.165, 1.54) is 6.07 Å². The smallest absolute Gasteiger partial charge is 0.309 e. The Morgan fingerprint density at radius 1 is 0.938 bits per heavy atom. The lowest BCUT2D eigenvalue weighted by Gasteiger charge is -2.24. The third kappa shape index (κ3) is 5.62. The quantitative estimate of drug-likeness (QED) is 0.437. The number of nitrogens with zero attached hydrogens (tertiary/aromatic N) is 1. The van der Waals surface area contributed by atoms with Gasteiger partial charge in [-0.3, -0.25) is 4.31 Å². The zero-order valence-electron chi connectivity index (χ0n) is 17.2.